The Kier molecular flexibility index (Phi) is 4.81. The van der Waals surface area contributed by atoms with Crippen LogP contribution in [0.1, 0.15) is 21.6 Å². The quantitative estimate of drug-likeness (QED) is 0.745. The number of aromatic nitrogens is 1. The fourth-order valence-corrected chi connectivity index (χ4v) is 2.49. The van der Waals surface area contributed by atoms with E-state index < -0.39 is 5.91 Å². The maximum atomic E-state index is 12.6. The smallest absolute Gasteiger partial charge is 0.278 e. The number of rotatable bonds is 5. The fourth-order valence-electron chi connectivity index (χ4n) is 2.49. The van der Waals surface area contributed by atoms with Gasteiger partial charge in [0, 0.05) is 16.8 Å². The van der Waals surface area contributed by atoms with E-state index in [0.29, 0.717) is 22.8 Å². The lowest BCUT2D eigenvalue weighted by molar-refractivity contribution is 0.102. The summed E-state index contributed by atoms with van der Waals surface area (Å²) in [5.74, 6) is 0.578. The predicted octanol–water partition coefficient (Wildman–Crippen LogP) is 3.40. The zero-order valence-electron chi connectivity index (χ0n) is 13.9. The first-order valence-electron chi connectivity index (χ1n) is 7.72. The lowest BCUT2D eigenvalue weighted by Crippen LogP contribution is -2.13. The van der Waals surface area contributed by atoms with Gasteiger partial charge in [0.25, 0.3) is 5.91 Å². The zero-order chi connectivity index (χ0) is 17.8. The summed E-state index contributed by atoms with van der Waals surface area (Å²) in [7, 11) is 1.52. The molecule has 0 bridgehead atoms. The molecule has 1 amide bonds. The summed E-state index contributed by atoms with van der Waals surface area (Å²) in [6, 6.07) is 12.7. The van der Waals surface area contributed by atoms with Gasteiger partial charge in [-0.25, -0.2) is 4.98 Å². The number of carbonyl (C=O) groups is 1. The molecule has 2 N–H and O–H groups in total. The van der Waals surface area contributed by atoms with Crippen LogP contribution in [0.15, 0.2) is 53.3 Å². The Morgan fingerprint density at radius 3 is 2.68 bits per heavy atom. The Morgan fingerprint density at radius 2 is 2.00 bits per heavy atom. The number of hydrogen-bond donors (Lipinski definition) is 2. The van der Waals surface area contributed by atoms with Crippen LogP contribution in [-0.2, 0) is 6.61 Å². The molecule has 0 unspecified atom stereocenters. The highest BCUT2D eigenvalue weighted by atomic mass is 16.5. The van der Waals surface area contributed by atoms with Gasteiger partial charge in [-0.1, -0.05) is 29.8 Å². The highest BCUT2D eigenvalue weighted by Crippen LogP contribution is 2.26. The van der Waals surface area contributed by atoms with Crippen LogP contribution in [0.2, 0.25) is 0 Å². The van der Waals surface area contributed by atoms with E-state index in [9.17, 15) is 9.90 Å². The van der Waals surface area contributed by atoms with E-state index in [1.54, 1.807) is 18.2 Å². The third kappa shape index (κ3) is 3.54. The van der Waals surface area contributed by atoms with Gasteiger partial charge in [-0.05, 0) is 25.1 Å². The van der Waals surface area contributed by atoms with Gasteiger partial charge in [-0.2, -0.15) is 0 Å². The third-order valence-corrected chi connectivity index (χ3v) is 3.80. The minimum atomic E-state index is -0.390. The minimum absolute atomic E-state index is 0.189. The van der Waals surface area contributed by atoms with Crippen molar-refractivity contribution in [2.75, 3.05) is 12.4 Å². The number of nitrogens with one attached hydrogen (secondary N) is 1. The topological polar surface area (TPSA) is 84.6 Å². The van der Waals surface area contributed by atoms with Crippen molar-refractivity contribution in [3.63, 3.8) is 0 Å². The van der Waals surface area contributed by atoms with Crippen LogP contribution in [0.3, 0.4) is 0 Å². The number of aliphatic hydroxyl groups excluding tert-OH is 1. The normalized spacial score (nSPS) is 10.5. The Morgan fingerprint density at radius 1 is 1.24 bits per heavy atom. The second-order valence-corrected chi connectivity index (χ2v) is 5.53. The third-order valence-electron chi connectivity index (χ3n) is 3.80. The average molecular weight is 338 g/mol. The number of amides is 1. The molecular weight excluding hydrogens is 320 g/mol. The first-order valence-corrected chi connectivity index (χ1v) is 7.72. The van der Waals surface area contributed by atoms with E-state index in [4.69, 9.17) is 9.15 Å². The van der Waals surface area contributed by atoms with Crippen molar-refractivity contribution in [2.45, 2.75) is 13.5 Å². The molecule has 0 saturated carbocycles. The first-order chi connectivity index (χ1) is 12.1. The number of oxazole rings is 1. The molecule has 0 aliphatic rings. The summed E-state index contributed by atoms with van der Waals surface area (Å²) in [6.07, 6.45) is 1.25. The average Bonchev–Trinajstić information content (AvgIpc) is 3.12. The van der Waals surface area contributed by atoms with Crippen molar-refractivity contribution >= 4 is 11.6 Å². The van der Waals surface area contributed by atoms with Crippen LogP contribution in [0.4, 0.5) is 5.69 Å². The molecule has 25 heavy (non-hydrogen) atoms. The lowest BCUT2D eigenvalue weighted by Gasteiger charge is -2.10. The van der Waals surface area contributed by atoms with Gasteiger partial charge in [0.05, 0.1) is 13.7 Å². The van der Waals surface area contributed by atoms with E-state index in [-0.39, 0.29) is 12.3 Å². The zero-order valence-corrected chi connectivity index (χ0v) is 13.9. The number of benzene rings is 2. The number of nitrogens with zero attached hydrogens (tertiary/aromatic N) is 1. The Balaban J connectivity index is 1.85. The number of aliphatic hydroxyl groups is 1. The maximum Gasteiger partial charge on any atom is 0.278 e. The number of aryl methyl sites for hydroxylation is 1. The molecule has 128 valence electrons. The van der Waals surface area contributed by atoms with Gasteiger partial charge in [0.1, 0.15) is 5.75 Å². The Bertz CT molecular complexity index is 885. The van der Waals surface area contributed by atoms with Gasteiger partial charge in [0.15, 0.2) is 17.8 Å². The van der Waals surface area contributed by atoms with Crippen LogP contribution >= 0.6 is 0 Å². The molecule has 0 aliphatic carbocycles. The van der Waals surface area contributed by atoms with Crippen molar-refractivity contribution < 1.29 is 19.1 Å². The first kappa shape index (κ1) is 16.7. The van der Waals surface area contributed by atoms with Gasteiger partial charge in [-0.15, -0.1) is 0 Å². The molecule has 1 aromatic heterocycles. The standard InChI is InChI=1S/C19H18N2O4/c1-12-3-5-13(6-4-12)18-17(20-11-25-18)19(23)21-15-7-8-16(24-2)14(9-15)10-22/h3-9,11,22H,10H2,1-2H3,(H,21,23). The lowest BCUT2D eigenvalue weighted by atomic mass is 10.1. The highest BCUT2D eigenvalue weighted by molar-refractivity contribution is 6.06. The molecule has 6 nitrogen and oxygen atoms in total. The van der Waals surface area contributed by atoms with Crippen molar-refractivity contribution in [3.8, 4) is 17.1 Å². The van der Waals surface area contributed by atoms with E-state index in [1.807, 2.05) is 31.2 Å². The molecule has 3 rings (SSSR count). The molecule has 1 heterocycles. The van der Waals surface area contributed by atoms with Crippen LogP contribution in [0.5, 0.6) is 5.75 Å². The molecule has 2 aromatic carbocycles. The maximum absolute atomic E-state index is 12.6. The monoisotopic (exact) mass is 338 g/mol. The summed E-state index contributed by atoms with van der Waals surface area (Å²) in [5, 5.41) is 12.2. The fraction of sp³-hybridized carbons (Fsp3) is 0.158. The second kappa shape index (κ2) is 7.19. The Hall–Kier alpha value is -3.12. The van der Waals surface area contributed by atoms with Crippen LogP contribution in [0, 0.1) is 6.92 Å². The van der Waals surface area contributed by atoms with Crippen molar-refractivity contribution in [2.24, 2.45) is 0 Å². The summed E-state index contributed by atoms with van der Waals surface area (Å²) < 4.78 is 10.6. The summed E-state index contributed by atoms with van der Waals surface area (Å²) in [4.78, 5) is 16.6. The van der Waals surface area contributed by atoms with E-state index >= 15 is 0 Å². The molecule has 6 heteroatoms. The van der Waals surface area contributed by atoms with Gasteiger partial charge in [0.2, 0.25) is 0 Å². The van der Waals surface area contributed by atoms with Gasteiger partial charge >= 0.3 is 0 Å². The number of ether oxygens (including phenoxy) is 1. The number of methoxy groups -OCH3 is 1. The highest BCUT2D eigenvalue weighted by Gasteiger charge is 2.18. The summed E-state index contributed by atoms with van der Waals surface area (Å²) >= 11 is 0. The molecular formula is C19H18N2O4. The van der Waals surface area contributed by atoms with E-state index in [0.717, 1.165) is 11.1 Å². The van der Waals surface area contributed by atoms with Crippen molar-refractivity contribution in [3.05, 3.63) is 65.7 Å². The minimum Gasteiger partial charge on any atom is -0.496 e. The molecule has 0 fully saturated rings. The second-order valence-electron chi connectivity index (χ2n) is 5.53. The predicted molar refractivity (Wildman–Crippen MR) is 93.5 cm³/mol. The van der Waals surface area contributed by atoms with Crippen LogP contribution < -0.4 is 10.1 Å². The van der Waals surface area contributed by atoms with Crippen molar-refractivity contribution in [1.29, 1.82) is 0 Å². The SMILES string of the molecule is COc1ccc(NC(=O)c2ncoc2-c2ccc(C)cc2)cc1CO. The number of carbonyl (C=O) groups excluding carboxylic acids is 1. The van der Waals surface area contributed by atoms with Crippen LogP contribution in [0.25, 0.3) is 11.3 Å². The van der Waals surface area contributed by atoms with Gasteiger partial charge in [-0.3, -0.25) is 4.79 Å². The molecule has 3 aromatic rings. The summed E-state index contributed by atoms with van der Waals surface area (Å²) in [5.41, 5.74) is 3.21. The number of anilines is 1. The largest absolute Gasteiger partial charge is 0.496 e. The molecule has 0 saturated heterocycles. The molecule has 0 atom stereocenters. The van der Waals surface area contributed by atoms with Crippen molar-refractivity contribution in [1.82, 2.24) is 4.98 Å². The molecule has 0 radical (unpaired) electrons. The van der Waals surface area contributed by atoms with Gasteiger partial charge < -0.3 is 19.6 Å². The number of hydrogen-bond acceptors (Lipinski definition) is 5. The van der Waals surface area contributed by atoms with E-state index in [2.05, 4.69) is 10.3 Å². The van der Waals surface area contributed by atoms with E-state index in [1.165, 1.54) is 13.5 Å². The Labute approximate surface area is 145 Å². The molecule has 0 spiro atoms. The van der Waals surface area contributed by atoms with Crippen LogP contribution in [-0.4, -0.2) is 23.1 Å². The molecule has 0 aliphatic heterocycles. The summed E-state index contributed by atoms with van der Waals surface area (Å²) in [6.45, 7) is 1.80.